The van der Waals surface area contributed by atoms with Gasteiger partial charge in [0.2, 0.25) is 0 Å². The zero-order valence-corrected chi connectivity index (χ0v) is 35.0. The molecule has 1 unspecified atom stereocenters. The second-order valence-electron chi connectivity index (χ2n) is 14.1. The number of ether oxygens (including phenoxy) is 2. The number of esters is 2. The van der Waals surface area contributed by atoms with Crippen molar-refractivity contribution in [2.75, 3.05) is 26.4 Å². The van der Waals surface area contributed by atoms with E-state index in [1.807, 2.05) is 13.0 Å². The first-order chi connectivity index (χ1) is 26.2. The van der Waals surface area contributed by atoms with Crippen LogP contribution >= 0.6 is 7.82 Å². The van der Waals surface area contributed by atoms with Crippen LogP contribution in [0.3, 0.4) is 0 Å². The van der Waals surface area contributed by atoms with Gasteiger partial charge in [0.05, 0.1) is 19.3 Å². The highest BCUT2D eigenvalue weighted by Crippen LogP contribution is 2.43. The summed E-state index contributed by atoms with van der Waals surface area (Å²) in [6.45, 7) is 3.21. The number of hydrogen-bond donors (Lipinski definition) is 3. The van der Waals surface area contributed by atoms with Gasteiger partial charge in [0.25, 0.3) is 0 Å². The van der Waals surface area contributed by atoms with Crippen LogP contribution in [0.2, 0.25) is 0 Å². The molecule has 0 saturated carbocycles. The van der Waals surface area contributed by atoms with Crippen molar-refractivity contribution < 1.29 is 42.7 Å². The van der Waals surface area contributed by atoms with Gasteiger partial charge in [-0.05, 0) is 64.7 Å². The first-order valence-electron chi connectivity index (χ1n) is 21.1. The summed E-state index contributed by atoms with van der Waals surface area (Å²) in [6, 6.07) is 0. The minimum Gasteiger partial charge on any atom is -0.462 e. The van der Waals surface area contributed by atoms with Crippen LogP contribution in [-0.2, 0) is 32.7 Å². The molecule has 0 rings (SSSR count). The number of hydrogen-bond acceptors (Lipinski definition) is 9. The van der Waals surface area contributed by atoms with E-state index in [9.17, 15) is 24.2 Å². The molecule has 0 aromatic heterocycles. The van der Waals surface area contributed by atoms with Crippen molar-refractivity contribution in [3.8, 4) is 0 Å². The van der Waals surface area contributed by atoms with E-state index in [4.69, 9.17) is 24.3 Å². The fraction of sp³-hybridized carbons (Fsp3) is 0.767. The maximum absolute atomic E-state index is 12.6. The molecule has 4 N–H and O–H groups in total. The highest BCUT2D eigenvalue weighted by molar-refractivity contribution is 7.47. The van der Waals surface area contributed by atoms with Crippen LogP contribution in [0.15, 0.2) is 48.6 Å². The average molecular weight is 784 g/mol. The van der Waals surface area contributed by atoms with Gasteiger partial charge in [0.1, 0.15) is 6.61 Å². The highest BCUT2D eigenvalue weighted by Gasteiger charge is 2.26. The van der Waals surface area contributed by atoms with E-state index in [0.717, 1.165) is 64.2 Å². The molecule has 54 heavy (non-hydrogen) atoms. The first-order valence-corrected chi connectivity index (χ1v) is 22.6. The van der Waals surface area contributed by atoms with Gasteiger partial charge in [-0.2, -0.15) is 0 Å². The van der Waals surface area contributed by atoms with Crippen molar-refractivity contribution in [1.29, 1.82) is 0 Å². The van der Waals surface area contributed by atoms with Gasteiger partial charge < -0.3 is 25.2 Å². The smallest absolute Gasteiger partial charge is 0.462 e. The molecule has 0 saturated heterocycles. The van der Waals surface area contributed by atoms with Crippen LogP contribution in [0.5, 0.6) is 0 Å². The normalized spacial score (nSPS) is 14.4. The number of carbonyl (C=O) groups excluding carboxylic acids is 2. The van der Waals surface area contributed by atoms with E-state index in [1.165, 1.54) is 70.6 Å². The lowest BCUT2D eigenvalue weighted by Crippen LogP contribution is -2.29. The molecular formula is C43H78NO9P. The second kappa shape index (κ2) is 39.2. The molecule has 314 valence electrons. The number of phosphoric acid groups is 1. The molecule has 0 heterocycles. The number of aliphatic hydroxyl groups is 1. The van der Waals surface area contributed by atoms with E-state index in [-0.39, 0.29) is 38.7 Å². The van der Waals surface area contributed by atoms with Crippen molar-refractivity contribution >= 4 is 19.8 Å². The lowest BCUT2D eigenvalue weighted by atomic mass is 10.0. The predicted molar refractivity (Wildman–Crippen MR) is 221 cm³/mol. The van der Waals surface area contributed by atoms with Crippen molar-refractivity contribution in [2.45, 2.75) is 187 Å². The summed E-state index contributed by atoms with van der Waals surface area (Å²) in [7, 11) is -4.39. The van der Waals surface area contributed by atoms with Crippen molar-refractivity contribution in [2.24, 2.45) is 5.73 Å². The third-order valence-corrected chi connectivity index (χ3v) is 9.72. The second-order valence-corrected chi connectivity index (χ2v) is 15.6. The number of phosphoric ester groups is 1. The van der Waals surface area contributed by atoms with Gasteiger partial charge in [-0.1, -0.05) is 145 Å². The summed E-state index contributed by atoms with van der Waals surface area (Å²) in [5.74, 6) is -0.909. The zero-order valence-electron chi connectivity index (χ0n) is 34.1. The molecule has 10 nitrogen and oxygen atoms in total. The molecule has 0 radical (unpaired) electrons. The van der Waals surface area contributed by atoms with E-state index in [2.05, 4.69) is 49.5 Å². The third-order valence-electron chi connectivity index (χ3n) is 8.74. The number of carbonyl (C=O) groups is 2. The standard InChI is InChI=1S/C43H78NO9P/c1-3-4-5-6-7-8-9-10-12-17-20-23-26-29-32-35-43(47)53-41(39-52-54(48,49)51-37-36-44)38-50-42(46)34-31-28-25-22-19-16-14-11-13-15-18-21-24-27-30-33-40(2)45/h13-16,21-22,24-25,40-41,45H,3-12,17-20,23,26-39,44H2,1-2H3,(H,48,49)/b15-13-,16-14-,24-21-,25-22-/t40-,41-/m1/s1. The highest BCUT2D eigenvalue weighted by atomic mass is 31.2. The Morgan fingerprint density at radius 3 is 1.59 bits per heavy atom. The quantitative estimate of drug-likeness (QED) is 0.0237. The maximum Gasteiger partial charge on any atom is 0.472 e. The van der Waals surface area contributed by atoms with Gasteiger partial charge in [0, 0.05) is 19.4 Å². The lowest BCUT2D eigenvalue weighted by molar-refractivity contribution is -0.161. The van der Waals surface area contributed by atoms with E-state index >= 15 is 0 Å². The Bertz CT molecular complexity index is 1040. The van der Waals surface area contributed by atoms with Gasteiger partial charge in [-0.3, -0.25) is 18.6 Å². The third kappa shape index (κ3) is 39.6. The number of unbranched alkanes of at least 4 members (excludes halogenated alkanes) is 16. The topological polar surface area (TPSA) is 155 Å². The molecule has 0 fully saturated rings. The van der Waals surface area contributed by atoms with Crippen molar-refractivity contribution in [3.05, 3.63) is 48.6 Å². The summed E-state index contributed by atoms with van der Waals surface area (Å²) < 4.78 is 32.7. The molecule has 11 heteroatoms. The molecule has 0 bridgehead atoms. The molecule has 0 aliphatic heterocycles. The van der Waals surface area contributed by atoms with E-state index in [1.54, 1.807) is 0 Å². The monoisotopic (exact) mass is 784 g/mol. The van der Waals surface area contributed by atoms with E-state index in [0.29, 0.717) is 12.8 Å². The lowest BCUT2D eigenvalue weighted by Gasteiger charge is -2.19. The predicted octanol–water partition coefficient (Wildman–Crippen LogP) is 10.9. The van der Waals surface area contributed by atoms with Gasteiger partial charge in [-0.25, -0.2) is 4.57 Å². The molecule has 0 aromatic carbocycles. The average Bonchev–Trinajstić information content (AvgIpc) is 3.14. The molecular weight excluding hydrogens is 705 g/mol. The van der Waals surface area contributed by atoms with Gasteiger partial charge in [0.15, 0.2) is 6.10 Å². The van der Waals surface area contributed by atoms with Crippen LogP contribution in [0.4, 0.5) is 0 Å². The Hall–Kier alpha value is -2.07. The molecule has 0 spiro atoms. The number of aliphatic hydroxyl groups excluding tert-OH is 1. The molecule has 0 aliphatic rings. The van der Waals surface area contributed by atoms with Crippen LogP contribution in [0.25, 0.3) is 0 Å². The minimum atomic E-state index is -4.39. The Labute approximate surface area is 329 Å². The Balaban J connectivity index is 4.26. The zero-order chi connectivity index (χ0) is 39.8. The Morgan fingerprint density at radius 1 is 0.630 bits per heavy atom. The maximum atomic E-state index is 12.6. The van der Waals surface area contributed by atoms with Crippen LogP contribution < -0.4 is 5.73 Å². The fourth-order valence-electron chi connectivity index (χ4n) is 5.59. The SMILES string of the molecule is CCCCCCCCCCCCCCCCCC(=O)O[C@H](COC(=O)CCC/C=C\C/C=C\C/C=C\C/C=C\CCC[C@@H](C)O)COP(=O)(O)OCCN. The fourth-order valence-corrected chi connectivity index (χ4v) is 6.35. The molecule has 3 atom stereocenters. The van der Waals surface area contributed by atoms with Crippen molar-refractivity contribution in [3.63, 3.8) is 0 Å². The van der Waals surface area contributed by atoms with Crippen molar-refractivity contribution in [1.82, 2.24) is 0 Å². The van der Waals surface area contributed by atoms with E-state index < -0.39 is 32.5 Å². The summed E-state index contributed by atoms with van der Waals surface area (Å²) in [5, 5.41) is 9.26. The number of nitrogens with two attached hydrogens (primary N) is 1. The molecule has 0 amide bonds. The molecule has 0 aromatic rings. The Morgan fingerprint density at radius 2 is 1.09 bits per heavy atom. The van der Waals surface area contributed by atoms with Gasteiger partial charge >= 0.3 is 19.8 Å². The molecule has 0 aliphatic carbocycles. The first kappa shape index (κ1) is 51.9. The summed E-state index contributed by atoms with van der Waals surface area (Å²) in [5.41, 5.74) is 5.34. The Kier molecular flexibility index (Phi) is 37.7. The number of rotatable bonds is 39. The summed E-state index contributed by atoms with van der Waals surface area (Å²) in [6.07, 6.45) is 41.3. The van der Waals surface area contributed by atoms with Gasteiger partial charge in [-0.15, -0.1) is 0 Å². The van der Waals surface area contributed by atoms with Crippen LogP contribution in [0, 0.1) is 0 Å². The largest absolute Gasteiger partial charge is 0.472 e. The minimum absolute atomic E-state index is 0.0407. The number of allylic oxidation sites excluding steroid dienone is 8. The van der Waals surface area contributed by atoms with Crippen LogP contribution in [0.1, 0.15) is 174 Å². The summed E-state index contributed by atoms with van der Waals surface area (Å²) in [4.78, 5) is 34.8. The summed E-state index contributed by atoms with van der Waals surface area (Å²) >= 11 is 0. The van der Waals surface area contributed by atoms with Crippen LogP contribution in [-0.4, -0.2) is 60.5 Å².